The number of ketones is 1. The second-order valence-electron chi connectivity index (χ2n) is 6.77. The van der Waals surface area contributed by atoms with Gasteiger partial charge in [0.05, 0.1) is 11.4 Å². The van der Waals surface area contributed by atoms with Gasteiger partial charge in [0.15, 0.2) is 5.78 Å². The smallest absolute Gasteiger partial charge is 0.224 e. The van der Waals surface area contributed by atoms with Crippen LogP contribution in [0.4, 0.5) is 11.4 Å². The molecule has 0 aliphatic rings. The van der Waals surface area contributed by atoms with Gasteiger partial charge in [-0.1, -0.05) is 37.1 Å². The topological polar surface area (TPSA) is 72.2 Å². The zero-order valence-electron chi connectivity index (χ0n) is 15.7. The van der Waals surface area contributed by atoms with Gasteiger partial charge < -0.3 is 11.1 Å². The van der Waals surface area contributed by atoms with Gasteiger partial charge in [0.25, 0.3) is 0 Å². The highest BCUT2D eigenvalue weighted by atomic mass is 16.1. The first kappa shape index (κ1) is 19.7. The predicted molar refractivity (Wildman–Crippen MR) is 107 cm³/mol. The molecule has 0 bridgehead atoms. The second kappa shape index (κ2) is 9.76. The predicted octanol–water partition coefficient (Wildman–Crippen LogP) is 5.05. The van der Waals surface area contributed by atoms with Crippen molar-refractivity contribution in [1.82, 2.24) is 0 Å². The van der Waals surface area contributed by atoms with Crippen molar-refractivity contribution >= 4 is 23.1 Å². The largest absolute Gasteiger partial charge is 0.397 e. The van der Waals surface area contributed by atoms with Crippen LogP contribution >= 0.6 is 0 Å². The Morgan fingerprint density at radius 2 is 1.58 bits per heavy atom. The Hall–Kier alpha value is -2.62. The quantitative estimate of drug-likeness (QED) is 0.377. The van der Waals surface area contributed by atoms with E-state index in [2.05, 4.69) is 5.32 Å². The van der Waals surface area contributed by atoms with Gasteiger partial charge in [0.1, 0.15) is 0 Å². The molecular formula is C22H28N2O2. The van der Waals surface area contributed by atoms with Gasteiger partial charge in [-0.05, 0) is 56.0 Å². The van der Waals surface area contributed by atoms with Crippen molar-refractivity contribution in [3.63, 3.8) is 0 Å². The van der Waals surface area contributed by atoms with E-state index < -0.39 is 0 Å². The first-order chi connectivity index (χ1) is 12.5. The number of carbonyl (C=O) groups excluding carboxylic acids is 2. The molecule has 0 aromatic heterocycles. The Balaban J connectivity index is 1.61. The number of aryl methyl sites for hydroxylation is 2. The van der Waals surface area contributed by atoms with E-state index in [-0.39, 0.29) is 11.7 Å². The standard InChI is InChI=1S/C22H28N2O2/c1-16-13-14-18(15-17(16)2)21(25)11-5-3-4-6-12-22(26)24-20-10-8-7-9-19(20)23/h7-10,13-15H,3-6,11-12,23H2,1-2H3,(H,24,26). The van der Waals surface area contributed by atoms with Crippen LogP contribution in [-0.2, 0) is 4.79 Å². The van der Waals surface area contributed by atoms with Crippen LogP contribution in [0, 0.1) is 13.8 Å². The Morgan fingerprint density at radius 3 is 2.27 bits per heavy atom. The maximum atomic E-state index is 12.2. The monoisotopic (exact) mass is 352 g/mol. The van der Waals surface area contributed by atoms with Crippen molar-refractivity contribution in [3.8, 4) is 0 Å². The van der Waals surface area contributed by atoms with E-state index in [0.717, 1.165) is 36.8 Å². The van der Waals surface area contributed by atoms with Crippen LogP contribution in [0.25, 0.3) is 0 Å². The van der Waals surface area contributed by atoms with E-state index in [1.165, 1.54) is 5.56 Å². The summed E-state index contributed by atoms with van der Waals surface area (Å²) in [6, 6.07) is 13.1. The fraction of sp³-hybridized carbons (Fsp3) is 0.364. The van der Waals surface area contributed by atoms with Crippen molar-refractivity contribution in [1.29, 1.82) is 0 Å². The molecule has 1 amide bonds. The fourth-order valence-electron chi connectivity index (χ4n) is 2.81. The summed E-state index contributed by atoms with van der Waals surface area (Å²) in [5, 5.41) is 2.83. The molecule has 0 aliphatic carbocycles. The van der Waals surface area contributed by atoms with Crippen molar-refractivity contribution in [3.05, 3.63) is 59.2 Å². The number of unbranched alkanes of at least 4 members (excludes halogenated alkanes) is 3. The van der Waals surface area contributed by atoms with Crippen molar-refractivity contribution in [2.45, 2.75) is 52.4 Å². The SMILES string of the molecule is Cc1ccc(C(=O)CCCCCCC(=O)Nc2ccccc2N)cc1C. The Bertz CT molecular complexity index is 768. The minimum absolute atomic E-state index is 0.0193. The maximum Gasteiger partial charge on any atom is 0.224 e. The minimum Gasteiger partial charge on any atom is -0.397 e. The third-order valence-electron chi connectivity index (χ3n) is 4.62. The minimum atomic E-state index is -0.0193. The number of rotatable bonds is 9. The molecular weight excluding hydrogens is 324 g/mol. The lowest BCUT2D eigenvalue weighted by molar-refractivity contribution is -0.116. The molecule has 0 atom stereocenters. The number of nitrogens with one attached hydrogen (secondary N) is 1. The van der Waals surface area contributed by atoms with Crippen LogP contribution in [0.1, 0.15) is 60.0 Å². The van der Waals surface area contributed by atoms with Crippen molar-refractivity contribution in [2.75, 3.05) is 11.1 Å². The lowest BCUT2D eigenvalue weighted by atomic mass is 10.00. The van der Waals surface area contributed by atoms with Gasteiger partial charge in [0.2, 0.25) is 5.91 Å². The Labute approximate surface area is 155 Å². The molecule has 4 nitrogen and oxygen atoms in total. The molecule has 0 saturated heterocycles. The second-order valence-corrected chi connectivity index (χ2v) is 6.77. The number of para-hydroxylation sites is 2. The normalized spacial score (nSPS) is 10.5. The first-order valence-corrected chi connectivity index (χ1v) is 9.22. The first-order valence-electron chi connectivity index (χ1n) is 9.22. The highest BCUT2D eigenvalue weighted by Gasteiger charge is 2.07. The number of Topliss-reactive ketones (excluding diaryl/α,β-unsaturated/α-hetero) is 1. The summed E-state index contributed by atoms with van der Waals surface area (Å²) in [6.45, 7) is 4.08. The summed E-state index contributed by atoms with van der Waals surface area (Å²) in [5.74, 6) is 0.180. The van der Waals surface area contributed by atoms with Crippen LogP contribution in [0.3, 0.4) is 0 Å². The molecule has 26 heavy (non-hydrogen) atoms. The Morgan fingerprint density at radius 1 is 0.885 bits per heavy atom. The third-order valence-corrected chi connectivity index (χ3v) is 4.62. The van der Waals surface area contributed by atoms with Crippen LogP contribution in [0.5, 0.6) is 0 Å². The maximum absolute atomic E-state index is 12.2. The summed E-state index contributed by atoms with van der Waals surface area (Å²) in [7, 11) is 0. The summed E-state index contributed by atoms with van der Waals surface area (Å²) in [5.41, 5.74) is 10.2. The number of amides is 1. The molecule has 0 heterocycles. The molecule has 4 heteroatoms. The van der Waals surface area contributed by atoms with E-state index >= 15 is 0 Å². The summed E-state index contributed by atoms with van der Waals surface area (Å²) in [6.07, 6.45) is 4.61. The summed E-state index contributed by atoms with van der Waals surface area (Å²) < 4.78 is 0. The van der Waals surface area contributed by atoms with Crippen LogP contribution < -0.4 is 11.1 Å². The average molecular weight is 352 g/mol. The molecule has 0 radical (unpaired) electrons. The molecule has 0 spiro atoms. The van der Waals surface area contributed by atoms with Gasteiger partial charge in [-0.2, -0.15) is 0 Å². The van der Waals surface area contributed by atoms with Crippen LogP contribution in [-0.4, -0.2) is 11.7 Å². The summed E-state index contributed by atoms with van der Waals surface area (Å²) >= 11 is 0. The molecule has 2 rings (SSSR count). The number of hydrogen-bond donors (Lipinski definition) is 2. The fourth-order valence-corrected chi connectivity index (χ4v) is 2.81. The third kappa shape index (κ3) is 6.03. The molecule has 0 fully saturated rings. The zero-order chi connectivity index (χ0) is 18.9. The number of nitrogen functional groups attached to an aromatic ring is 1. The lowest BCUT2D eigenvalue weighted by Gasteiger charge is -2.08. The summed E-state index contributed by atoms with van der Waals surface area (Å²) in [4.78, 5) is 24.1. The van der Waals surface area contributed by atoms with Crippen molar-refractivity contribution < 1.29 is 9.59 Å². The highest BCUT2D eigenvalue weighted by Crippen LogP contribution is 2.18. The van der Waals surface area contributed by atoms with Crippen molar-refractivity contribution in [2.24, 2.45) is 0 Å². The number of benzene rings is 2. The molecule has 2 aromatic rings. The highest BCUT2D eigenvalue weighted by molar-refractivity contribution is 5.96. The van der Waals surface area contributed by atoms with E-state index in [4.69, 9.17) is 5.73 Å². The molecule has 2 aromatic carbocycles. The number of anilines is 2. The molecule has 3 N–H and O–H groups in total. The number of carbonyl (C=O) groups is 2. The average Bonchev–Trinajstić information content (AvgIpc) is 2.62. The lowest BCUT2D eigenvalue weighted by Crippen LogP contribution is -2.12. The number of hydrogen-bond acceptors (Lipinski definition) is 3. The van der Waals surface area contributed by atoms with Gasteiger partial charge in [-0.25, -0.2) is 0 Å². The van der Waals surface area contributed by atoms with Gasteiger partial charge in [-0.15, -0.1) is 0 Å². The molecule has 138 valence electrons. The van der Waals surface area contributed by atoms with E-state index in [1.54, 1.807) is 12.1 Å². The zero-order valence-corrected chi connectivity index (χ0v) is 15.7. The van der Waals surface area contributed by atoms with Crippen LogP contribution in [0.2, 0.25) is 0 Å². The van der Waals surface area contributed by atoms with E-state index in [9.17, 15) is 9.59 Å². The van der Waals surface area contributed by atoms with E-state index in [0.29, 0.717) is 24.2 Å². The Kier molecular flexibility index (Phi) is 7.39. The molecule has 0 saturated carbocycles. The van der Waals surface area contributed by atoms with Gasteiger partial charge >= 0.3 is 0 Å². The molecule has 0 aliphatic heterocycles. The molecule has 0 unspecified atom stereocenters. The van der Waals surface area contributed by atoms with Gasteiger partial charge in [-0.3, -0.25) is 9.59 Å². The van der Waals surface area contributed by atoms with Gasteiger partial charge in [0, 0.05) is 18.4 Å². The number of nitrogens with two attached hydrogens (primary N) is 1. The van der Waals surface area contributed by atoms with Crippen LogP contribution in [0.15, 0.2) is 42.5 Å². The van der Waals surface area contributed by atoms with E-state index in [1.807, 2.05) is 44.2 Å².